The molecule has 11 heteroatoms. The lowest BCUT2D eigenvalue weighted by atomic mass is 9.98. The van der Waals surface area contributed by atoms with E-state index >= 15 is 4.39 Å². The van der Waals surface area contributed by atoms with Gasteiger partial charge in [-0.25, -0.2) is 4.39 Å². The summed E-state index contributed by atoms with van der Waals surface area (Å²) in [5.74, 6) is -1.21. The van der Waals surface area contributed by atoms with Gasteiger partial charge in [0.25, 0.3) is 5.91 Å². The number of anilines is 2. The summed E-state index contributed by atoms with van der Waals surface area (Å²) in [7, 11) is 0. The average molecular weight is 571 g/mol. The molecule has 2 fully saturated rings. The third kappa shape index (κ3) is 8.30. The van der Waals surface area contributed by atoms with E-state index in [1.54, 1.807) is 29.2 Å². The second-order valence-corrected chi connectivity index (χ2v) is 10.7. The lowest BCUT2D eigenvalue weighted by Crippen LogP contribution is -2.47. The maximum absolute atomic E-state index is 15.1. The number of hydrogen-bond donors (Lipinski definition) is 2. The molecule has 2 N–H and O–H groups in total. The van der Waals surface area contributed by atoms with Gasteiger partial charge in [0.1, 0.15) is 5.82 Å². The summed E-state index contributed by atoms with van der Waals surface area (Å²) in [6.07, 6.45) is -1.15. The summed E-state index contributed by atoms with van der Waals surface area (Å²) in [4.78, 5) is 19.1. The highest BCUT2D eigenvalue weighted by Crippen LogP contribution is 2.31. The van der Waals surface area contributed by atoms with Crippen LogP contribution in [0.15, 0.2) is 36.4 Å². The van der Waals surface area contributed by atoms with Crippen LogP contribution in [0.5, 0.6) is 0 Å². The van der Waals surface area contributed by atoms with E-state index in [1.807, 2.05) is 4.90 Å². The Morgan fingerprint density at radius 1 is 1.05 bits per heavy atom. The predicted octanol–water partition coefficient (Wildman–Crippen LogP) is 5.54. The molecular formula is C28H35ClF4N4O2. The van der Waals surface area contributed by atoms with E-state index in [9.17, 15) is 23.1 Å². The van der Waals surface area contributed by atoms with Crippen molar-refractivity contribution in [1.82, 2.24) is 9.80 Å². The molecule has 0 spiro atoms. The maximum Gasteiger partial charge on any atom is 0.390 e. The zero-order chi connectivity index (χ0) is 28.0. The highest BCUT2D eigenvalue weighted by atomic mass is 35.5. The fraction of sp³-hybridized carbons (Fsp3) is 0.536. The molecule has 2 saturated heterocycles. The van der Waals surface area contributed by atoms with Crippen molar-refractivity contribution in [2.75, 3.05) is 56.1 Å². The van der Waals surface area contributed by atoms with Gasteiger partial charge in [0.2, 0.25) is 0 Å². The number of nitrogens with zero attached hydrogens (tertiary/aromatic N) is 3. The summed E-state index contributed by atoms with van der Waals surface area (Å²) in [6.45, 7) is 3.35. The van der Waals surface area contributed by atoms with E-state index in [2.05, 4.69) is 10.2 Å². The number of piperazine rings is 1. The van der Waals surface area contributed by atoms with Crippen LogP contribution in [0.3, 0.4) is 0 Å². The first-order chi connectivity index (χ1) is 18.6. The molecule has 2 aliphatic heterocycles. The number of rotatable bonds is 9. The standard InChI is InChI=1S/C28H35ClF4N4O2/c29-21-5-7-25(26(18-21)36-14-12-35(13-15-36)11-9-28(31,32)33)34-27(39)23-6-4-20(17-24(23)30)19-37-10-2-1-3-22(37)8-16-38/h4-7,17-18,22,38H,1-3,8-16,19H2,(H,34,39). The van der Waals surface area contributed by atoms with Gasteiger partial charge in [0.05, 0.1) is 23.4 Å². The molecule has 1 amide bonds. The lowest BCUT2D eigenvalue weighted by Gasteiger charge is -2.37. The molecule has 39 heavy (non-hydrogen) atoms. The fourth-order valence-electron chi connectivity index (χ4n) is 5.38. The van der Waals surface area contributed by atoms with E-state index < -0.39 is 24.3 Å². The zero-order valence-electron chi connectivity index (χ0n) is 21.8. The molecular weight excluding hydrogens is 536 g/mol. The number of piperidine rings is 1. The molecule has 214 valence electrons. The highest BCUT2D eigenvalue weighted by Gasteiger charge is 2.29. The van der Waals surface area contributed by atoms with Crippen molar-refractivity contribution in [3.05, 3.63) is 58.4 Å². The summed E-state index contributed by atoms with van der Waals surface area (Å²) >= 11 is 6.22. The van der Waals surface area contributed by atoms with Gasteiger partial charge >= 0.3 is 6.18 Å². The first kappa shape index (κ1) is 29.6. The van der Waals surface area contributed by atoms with Gasteiger partial charge in [-0.3, -0.25) is 14.6 Å². The van der Waals surface area contributed by atoms with Crippen LogP contribution in [0, 0.1) is 5.82 Å². The number of carbonyl (C=O) groups is 1. The van der Waals surface area contributed by atoms with Gasteiger partial charge in [-0.1, -0.05) is 24.1 Å². The third-order valence-corrected chi connectivity index (χ3v) is 7.74. The monoisotopic (exact) mass is 570 g/mol. The molecule has 0 saturated carbocycles. The van der Waals surface area contributed by atoms with Gasteiger partial charge in [-0.2, -0.15) is 13.2 Å². The quantitative estimate of drug-likeness (QED) is 0.388. The number of amides is 1. The van der Waals surface area contributed by atoms with Crippen molar-refractivity contribution in [2.24, 2.45) is 0 Å². The number of halogens is 5. The van der Waals surface area contributed by atoms with Gasteiger partial charge in [-0.05, 0) is 61.7 Å². The lowest BCUT2D eigenvalue weighted by molar-refractivity contribution is -0.138. The van der Waals surface area contributed by atoms with Crippen molar-refractivity contribution in [1.29, 1.82) is 0 Å². The zero-order valence-corrected chi connectivity index (χ0v) is 22.6. The van der Waals surface area contributed by atoms with Crippen molar-refractivity contribution in [2.45, 2.75) is 50.9 Å². The first-order valence-corrected chi connectivity index (χ1v) is 13.8. The van der Waals surface area contributed by atoms with Crippen LogP contribution in [0.4, 0.5) is 28.9 Å². The van der Waals surface area contributed by atoms with E-state index in [0.29, 0.717) is 55.5 Å². The van der Waals surface area contributed by atoms with Crippen LogP contribution in [-0.2, 0) is 6.54 Å². The van der Waals surface area contributed by atoms with E-state index in [0.717, 1.165) is 31.4 Å². The molecule has 0 aliphatic carbocycles. The Hall–Kier alpha value is -2.40. The summed E-state index contributed by atoms with van der Waals surface area (Å²) in [6, 6.07) is 9.87. The van der Waals surface area contributed by atoms with Crippen LogP contribution in [0.2, 0.25) is 5.02 Å². The minimum Gasteiger partial charge on any atom is -0.396 e. The maximum atomic E-state index is 15.1. The Kier molecular flexibility index (Phi) is 10.1. The molecule has 0 aromatic heterocycles. The van der Waals surface area contributed by atoms with Crippen LogP contribution in [0.1, 0.15) is 48.0 Å². The molecule has 2 heterocycles. The third-order valence-electron chi connectivity index (χ3n) is 7.51. The predicted molar refractivity (Wildman–Crippen MR) is 145 cm³/mol. The SMILES string of the molecule is O=C(Nc1ccc(Cl)cc1N1CCN(CCC(F)(F)F)CC1)c1ccc(CN2CCCCC2CCO)cc1F. The summed E-state index contributed by atoms with van der Waals surface area (Å²) in [5.41, 5.74) is 1.78. The molecule has 4 rings (SSSR count). The van der Waals surface area contributed by atoms with Crippen molar-refractivity contribution < 1.29 is 27.5 Å². The van der Waals surface area contributed by atoms with Gasteiger partial charge in [0.15, 0.2) is 0 Å². The smallest absolute Gasteiger partial charge is 0.390 e. The number of carbonyl (C=O) groups excluding carboxylic acids is 1. The highest BCUT2D eigenvalue weighted by molar-refractivity contribution is 6.31. The molecule has 2 aromatic rings. The molecule has 1 atom stereocenters. The largest absolute Gasteiger partial charge is 0.396 e. The van der Waals surface area contributed by atoms with Crippen molar-refractivity contribution in [3.63, 3.8) is 0 Å². The van der Waals surface area contributed by atoms with Gasteiger partial charge < -0.3 is 15.3 Å². The molecule has 0 radical (unpaired) electrons. The molecule has 2 aliphatic rings. The van der Waals surface area contributed by atoms with E-state index in [-0.39, 0.29) is 24.8 Å². The van der Waals surface area contributed by atoms with Crippen molar-refractivity contribution >= 4 is 28.9 Å². The molecule has 2 aromatic carbocycles. The Bertz CT molecular complexity index is 1120. The Labute approximate surface area is 231 Å². The second-order valence-electron chi connectivity index (χ2n) is 10.3. The van der Waals surface area contributed by atoms with Gasteiger partial charge in [-0.15, -0.1) is 0 Å². The first-order valence-electron chi connectivity index (χ1n) is 13.4. The molecule has 1 unspecified atom stereocenters. The van der Waals surface area contributed by atoms with Gasteiger partial charge in [0, 0.05) is 56.9 Å². The van der Waals surface area contributed by atoms with Crippen LogP contribution in [0.25, 0.3) is 0 Å². The van der Waals surface area contributed by atoms with Crippen molar-refractivity contribution in [3.8, 4) is 0 Å². The Morgan fingerprint density at radius 3 is 2.51 bits per heavy atom. The normalized spacial score (nSPS) is 19.3. The van der Waals surface area contributed by atoms with Crippen LogP contribution in [-0.4, -0.2) is 78.9 Å². The van der Waals surface area contributed by atoms with E-state index in [4.69, 9.17) is 11.6 Å². The minimum atomic E-state index is -4.19. The summed E-state index contributed by atoms with van der Waals surface area (Å²) < 4.78 is 52.8. The second kappa shape index (κ2) is 13.3. The Morgan fingerprint density at radius 2 is 1.82 bits per heavy atom. The molecule has 0 bridgehead atoms. The summed E-state index contributed by atoms with van der Waals surface area (Å²) in [5, 5.41) is 12.6. The number of aliphatic hydroxyl groups excluding tert-OH is 1. The average Bonchev–Trinajstić information content (AvgIpc) is 2.90. The van der Waals surface area contributed by atoms with Crippen LogP contribution >= 0.6 is 11.6 Å². The number of nitrogens with one attached hydrogen (secondary N) is 1. The number of hydrogen-bond acceptors (Lipinski definition) is 5. The Balaban J connectivity index is 1.41. The minimum absolute atomic E-state index is 0.0500. The van der Waals surface area contributed by atoms with E-state index in [1.165, 1.54) is 12.1 Å². The number of likely N-dealkylation sites (tertiary alicyclic amines) is 1. The fourth-order valence-corrected chi connectivity index (χ4v) is 5.55. The topological polar surface area (TPSA) is 59.1 Å². The molecule has 6 nitrogen and oxygen atoms in total. The number of aliphatic hydroxyl groups is 1. The van der Waals surface area contributed by atoms with Crippen LogP contribution < -0.4 is 10.2 Å². The number of alkyl halides is 3. The number of benzene rings is 2.